The molecule has 7 nitrogen and oxygen atoms in total. The first kappa shape index (κ1) is 24.3. The zero-order chi connectivity index (χ0) is 22.3. The Morgan fingerprint density at radius 1 is 0.968 bits per heavy atom. The molecule has 7 heteroatoms. The Bertz CT molecular complexity index is 920. The number of nitrogens with zero attached hydrogens (tertiary/aromatic N) is 1. The summed E-state index contributed by atoms with van der Waals surface area (Å²) in [4.78, 5) is 38.5. The molecule has 2 rings (SSSR count). The minimum atomic E-state index is -0.436. The van der Waals surface area contributed by atoms with Gasteiger partial charge in [-0.15, -0.1) is 0 Å². The van der Waals surface area contributed by atoms with Crippen molar-refractivity contribution in [2.75, 3.05) is 6.54 Å². The molecule has 0 fully saturated rings. The lowest BCUT2D eigenvalue weighted by Gasteiger charge is -2.05. The van der Waals surface area contributed by atoms with Crippen LogP contribution in [0.5, 0.6) is 0 Å². The topological polar surface area (TPSA) is 103 Å². The third-order valence-electron chi connectivity index (χ3n) is 5.13. The molecule has 2 amide bonds. The molecule has 1 aromatic heterocycles. The number of amides is 2. The van der Waals surface area contributed by atoms with Crippen LogP contribution in [0.4, 0.5) is 0 Å². The van der Waals surface area contributed by atoms with E-state index in [0.29, 0.717) is 12.0 Å². The van der Waals surface area contributed by atoms with Crippen LogP contribution in [0.25, 0.3) is 10.9 Å². The Balaban J connectivity index is 1.59. The Hall–Kier alpha value is -2.96. The van der Waals surface area contributed by atoms with Crippen LogP contribution in [0.15, 0.2) is 40.2 Å². The van der Waals surface area contributed by atoms with Crippen LogP contribution < -0.4 is 16.3 Å². The van der Waals surface area contributed by atoms with Gasteiger partial charge in [-0.25, -0.2) is 5.43 Å². The maximum atomic E-state index is 12.0. The summed E-state index contributed by atoms with van der Waals surface area (Å²) in [6.07, 6.45) is 12.5. The average molecular weight is 427 g/mol. The highest BCUT2D eigenvalue weighted by atomic mass is 16.2. The minimum absolute atomic E-state index is 0.131. The van der Waals surface area contributed by atoms with Gasteiger partial charge in [0.1, 0.15) is 0 Å². The summed E-state index contributed by atoms with van der Waals surface area (Å²) in [5, 5.41) is 7.29. The number of fused-ring (bicyclic) bond motifs is 1. The second kappa shape index (κ2) is 14.1. The zero-order valence-electron chi connectivity index (χ0n) is 18.4. The normalized spacial score (nSPS) is 11.1. The van der Waals surface area contributed by atoms with Gasteiger partial charge in [0.2, 0.25) is 5.91 Å². The lowest BCUT2D eigenvalue weighted by atomic mass is 10.1. The van der Waals surface area contributed by atoms with E-state index in [9.17, 15) is 14.4 Å². The molecule has 0 bridgehead atoms. The van der Waals surface area contributed by atoms with Crippen molar-refractivity contribution in [2.24, 2.45) is 5.10 Å². The number of carbonyl (C=O) groups is 2. The molecule has 0 aliphatic rings. The minimum Gasteiger partial charge on any atom is -0.347 e. The van der Waals surface area contributed by atoms with Gasteiger partial charge in [-0.3, -0.25) is 14.4 Å². The number of hydrazone groups is 1. The van der Waals surface area contributed by atoms with Crippen LogP contribution in [-0.2, 0) is 9.59 Å². The number of benzene rings is 1. The van der Waals surface area contributed by atoms with E-state index in [0.717, 1.165) is 30.2 Å². The van der Waals surface area contributed by atoms with Crippen LogP contribution in [-0.4, -0.2) is 29.6 Å². The number of pyridine rings is 1. The van der Waals surface area contributed by atoms with Crippen molar-refractivity contribution >= 4 is 28.9 Å². The number of aromatic amines is 1. The van der Waals surface area contributed by atoms with Crippen molar-refractivity contribution < 1.29 is 9.59 Å². The number of hydrogen-bond acceptors (Lipinski definition) is 4. The number of aromatic nitrogens is 1. The van der Waals surface area contributed by atoms with E-state index >= 15 is 0 Å². The monoisotopic (exact) mass is 426 g/mol. The Labute approximate surface area is 183 Å². The highest BCUT2D eigenvalue weighted by Gasteiger charge is 2.05. The van der Waals surface area contributed by atoms with Crippen LogP contribution in [0, 0.1) is 0 Å². The van der Waals surface area contributed by atoms with Crippen LogP contribution >= 0.6 is 0 Å². The summed E-state index contributed by atoms with van der Waals surface area (Å²) >= 11 is 0. The summed E-state index contributed by atoms with van der Waals surface area (Å²) in [6.45, 7) is 2.08. The molecule has 2 aromatic rings. The van der Waals surface area contributed by atoms with Gasteiger partial charge in [-0.2, -0.15) is 5.10 Å². The lowest BCUT2D eigenvalue weighted by molar-refractivity contribution is -0.126. The molecule has 1 heterocycles. The van der Waals surface area contributed by atoms with Gasteiger partial charge in [-0.1, -0.05) is 76.5 Å². The summed E-state index contributed by atoms with van der Waals surface area (Å²) in [5.41, 5.74) is 3.12. The first-order chi connectivity index (χ1) is 15.1. The van der Waals surface area contributed by atoms with Gasteiger partial charge < -0.3 is 10.3 Å². The Morgan fingerprint density at radius 3 is 2.39 bits per heavy atom. The standard InChI is InChI=1S/C24H34N4O3/c1-2-3-4-5-6-7-8-9-10-15-22(29)25-18-23(30)28-26-17-20-16-19-13-11-12-14-21(19)27-24(20)31/h11-14,16-17H,2-10,15,18H2,1H3,(H,25,29)(H,27,31)(H,28,30)/b26-17+. The summed E-state index contributed by atoms with van der Waals surface area (Å²) in [7, 11) is 0. The molecule has 0 spiro atoms. The smallest absolute Gasteiger partial charge is 0.259 e. The molecule has 0 radical (unpaired) electrons. The molecule has 0 atom stereocenters. The van der Waals surface area contributed by atoms with E-state index in [1.807, 2.05) is 24.3 Å². The average Bonchev–Trinajstić information content (AvgIpc) is 2.77. The fraction of sp³-hybridized carbons (Fsp3) is 0.500. The van der Waals surface area contributed by atoms with Gasteiger partial charge in [0.25, 0.3) is 11.5 Å². The predicted octanol–water partition coefficient (Wildman–Crippen LogP) is 4.02. The maximum absolute atomic E-state index is 12.0. The van der Waals surface area contributed by atoms with E-state index in [4.69, 9.17) is 0 Å². The molecule has 0 saturated heterocycles. The largest absolute Gasteiger partial charge is 0.347 e. The molecule has 3 N–H and O–H groups in total. The lowest BCUT2D eigenvalue weighted by Crippen LogP contribution is -2.34. The number of H-pyrrole nitrogens is 1. The third kappa shape index (κ3) is 9.59. The SMILES string of the molecule is CCCCCCCCCCCC(=O)NCC(=O)N/N=C/c1cc2ccccc2[nH]c1=O. The van der Waals surface area contributed by atoms with Gasteiger partial charge in [-0.05, 0) is 23.9 Å². The summed E-state index contributed by atoms with van der Waals surface area (Å²) in [5.74, 6) is -0.568. The second-order valence-electron chi connectivity index (χ2n) is 7.79. The van der Waals surface area contributed by atoms with Gasteiger partial charge in [0.15, 0.2) is 0 Å². The first-order valence-electron chi connectivity index (χ1n) is 11.3. The van der Waals surface area contributed by atoms with Crippen LogP contribution in [0.2, 0.25) is 0 Å². The van der Waals surface area contributed by atoms with Crippen molar-refractivity contribution in [2.45, 2.75) is 71.1 Å². The first-order valence-corrected chi connectivity index (χ1v) is 11.3. The van der Waals surface area contributed by atoms with E-state index in [-0.39, 0.29) is 18.0 Å². The number of carbonyl (C=O) groups excluding carboxylic acids is 2. The number of nitrogens with one attached hydrogen (secondary N) is 3. The number of rotatable bonds is 14. The van der Waals surface area contributed by atoms with Crippen LogP contribution in [0.1, 0.15) is 76.7 Å². The number of unbranched alkanes of at least 4 members (excludes halogenated alkanes) is 8. The quantitative estimate of drug-likeness (QED) is 0.241. The third-order valence-corrected chi connectivity index (χ3v) is 5.13. The molecule has 31 heavy (non-hydrogen) atoms. The maximum Gasteiger partial charge on any atom is 0.259 e. The highest BCUT2D eigenvalue weighted by molar-refractivity contribution is 5.89. The fourth-order valence-corrected chi connectivity index (χ4v) is 3.34. The van der Waals surface area contributed by atoms with Crippen LogP contribution in [0.3, 0.4) is 0 Å². The van der Waals surface area contributed by atoms with Gasteiger partial charge >= 0.3 is 0 Å². The molecule has 0 unspecified atom stereocenters. The van der Waals surface area contributed by atoms with E-state index in [1.165, 1.54) is 44.7 Å². The zero-order valence-corrected chi connectivity index (χ0v) is 18.4. The van der Waals surface area contributed by atoms with E-state index in [2.05, 4.69) is 27.8 Å². The molecule has 1 aromatic carbocycles. The van der Waals surface area contributed by atoms with Crippen molar-refractivity contribution in [1.82, 2.24) is 15.7 Å². The molecular weight excluding hydrogens is 392 g/mol. The second-order valence-corrected chi connectivity index (χ2v) is 7.79. The number of para-hydroxylation sites is 1. The molecule has 0 aliphatic heterocycles. The van der Waals surface area contributed by atoms with Crippen molar-refractivity contribution in [1.29, 1.82) is 0 Å². The van der Waals surface area contributed by atoms with Crippen molar-refractivity contribution in [3.05, 3.63) is 46.2 Å². The number of hydrogen-bond donors (Lipinski definition) is 3. The molecular formula is C24H34N4O3. The Kier molecular flexibility index (Phi) is 11.1. The molecule has 0 saturated carbocycles. The predicted molar refractivity (Wildman–Crippen MR) is 125 cm³/mol. The summed E-state index contributed by atoms with van der Waals surface area (Å²) in [6, 6.07) is 9.12. The van der Waals surface area contributed by atoms with Gasteiger partial charge in [0.05, 0.1) is 18.3 Å². The van der Waals surface area contributed by atoms with Crippen molar-refractivity contribution in [3.8, 4) is 0 Å². The molecule has 168 valence electrons. The van der Waals surface area contributed by atoms with Gasteiger partial charge in [0, 0.05) is 11.9 Å². The van der Waals surface area contributed by atoms with E-state index < -0.39 is 5.91 Å². The fourth-order valence-electron chi connectivity index (χ4n) is 3.34. The van der Waals surface area contributed by atoms with E-state index in [1.54, 1.807) is 6.07 Å². The van der Waals surface area contributed by atoms with Crippen molar-refractivity contribution in [3.63, 3.8) is 0 Å². The molecule has 0 aliphatic carbocycles. The Morgan fingerprint density at radius 2 is 1.65 bits per heavy atom. The highest BCUT2D eigenvalue weighted by Crippen LogP contribution is 2.10. The summed E-state index contributed by atoms with van der Waals surface area (Å²) < 4.78 is 0.